The minimum atomic E-state index is -0.350. The van der Waals surface area contributed by atoms with Crippen molar-refractivity contribution in [3.05, 3.63) is 87.5 Å². The highest BCUT2D eigenvalue weighted by Crippen LogP contribution is 2.21. The fraction of sp³-hybridized carbons (Fsp3) is 0. The van der Waals surface area contributed by atoms with Crippen LogP contribution < -0.4 is 0 Å². The molecule has 3 rings (SSSR count). The van der Waals surface area contributed by atoms with Gasteiger partial charge < -0.3 is 4.57 Å². The molecule has 0 amide bonds. The predicted molar refractivity (Wildman–Crippen MR) is 98.4 cm³/mol. The molecule has 23 heavy (non-hydrogen) atoms. The van der Waals surface area contributed by atoms with Crippen molar-refractivity contribution in [3.8, 4) is 11.8 Å². The van der Waals surface area contributed by atoms with E-state index in [1.54, 1.807) is 18.2 Å². The van der Waals surface area contributed by atoms with Crippen LogP contribution in [0.2, 0.25) is 0 Å². The Labute approximate surface area is 147 Å². The predicted octanol–water partition coefficient (Wildman–Crippen LogP) is 5.29. The quantitative estimate of drug-likeness (QED) is 0.423. The Kier molecular flexibility index (Phi) is 4.58. The van der Waals surface area contributed by atoms with Crippen LogP contribution in [-0.4, -0.2) is 4.57 Å². The molecular weight excluding hydrogens is 402 g/mol. The first-order chi connectivity index (χ1) is 11.2. The van der Waals surface area contributed by atoms with Crippen LogP contribution in [0.15, 0.2) is 66.9 Å². The summed E-state index contributed by atoms with van der Waals surface area (Å²) in [6.45, 7) is 0. The topological polar surface area (TPSA) is 28.7 Å². The molecule has 0 spiro atoms. The lowest BCUT2D eigenvalue weighted by Crippen LogP contribution is -1.95. The summed E-state index contributed by atoms with van der Waals surface area (Å²) in [4.78, 5) is 0. The number of nitrogens with zero attached hydrogens (tertiary/aromatic N) is 2. The van der Waals surface area contributed by atoms with Crippen LogP contribution >= 0.6 is 22.6 Å². The molecule has 0 saturated carbocycles. The largest absolute Gasteiger partial charge is 0.317 e. The monoisotopic (exact) mass is 414 g/mol. The second kappa shape index (κ2) is 6.80. The van der Waals surface area contributed by atoms with Gasteiger partial charge in [-0.15, -0.1) is 0 Å². The van der Waals surface area contributed by atoms with Gasteiger partial charge in [0.1, 0.15) is 5.82 Å². The Bertz CT molecular complexity index is 902. The van der Waals surface area contributed by atoms with Gasteiger partial charge in [0.25, 0.3) is 0 Å². The number of halogens is 2. The summed E-state index contributed by atoms with van der Waals surface area (Å²) in [5.41, 5.74) is 2.88. The minimum absolute atomic E-state index is 0.350. The zero-order valence-electron chi connectivity index (χ0n) is 12.1. The van der Waals surface area contributed by atoms with Gasteiger partial charge in [0.05, 0.1) is 11.6 Å². The highest BCUT2D eigenvalue weighted by atomic mass is 127. The van der Waals surface area contributed by atoms with Crippen LogP contribution in [0.3, 0.4) is 0 Å². The number of benzene rings is 2. The van der Waals surface area contributed by atoms with Crippen LogP contribution in [0.4, 0.5) is 4.39 Å². The molecule has 0 radical (unpaired) electrons. The summed E-state index contributed by atoms with van der Waals surface area (Å²) < 4.78 is 16.5. The number of nitriles is 1. The normalized spacial score (nSPS) is 11.3. The number of allylic oxidation sites excluding steroid dienone is 1. The van der Waals surface area contributed by atoms with E-state index in [0.29, 0.717) is 11.1 Å². The highest BCUT2D eigenvalue weighted by molar-refractivity contribution is 14.1. The zero-order valence-corrected chi connectivity index (χ0v) is 14.2. The smallest absolute Gasteiger partial charge is 0.123 e. The van der Waals surface area contributed by atoms with Crippen molar-refractivity contribution >= 4 is 34.2 Å². The summed E-state index contributed by atoms with van der Waals surface area (Å²) in [6.07, 6.45) is 3.71. The molecule has 1 heterocycles. The van der Waals surface area contributed by atoms with Gasteiger partial charge in [0.15, 0.2) is 0 Å². The molecule has 0 unspecified atom stereocenters. The number of aromatic nitrogens is 1. The van der Waals surface area contributed by atoms with Crippen molar-refractivity contribution in [1.29, 1.82) is 5.26 Å². The Morgan fingerprint density at radius 2 is 1.87 bits per heavy atom. The van der Waals surface area contributed by atoms with Crippen molar-refractivity contribution < 1.29 is 4.39 Å². The van der Waals surface area contributed by atoms with E-state index in [1.165, 1.54) is 12.1 Å². The molecule has 0 N–H and O–H groups in total. The number of hydrogen-bond donors (Lipinski definition) is 0. The molecule has 1 aromatic heterocycles. The van der Waals surface area contributed by atoms with E-state index in [1.807, 2.05) is 47.2 Å². The summed E-state index contributed by atoms with van der Waals surface area (Å²) >= 11 is 2.26. The number of hydrogen-bond acceptors (Lipinski definition) is 1. The average molecular weight is 414 g/mol. The van der Waals surface area contributed by atoms with E-state index < -0.39 is 0 Å². The Balaban J connectivity index is 2.04. The first-order valence-corrected chi connectivity index (χ1v) is 8.06. The lowest BCUT2D eigenvalue weighted by atomic mass is 10.1. The van der Waals surface area contributed by atoms with Gasteiger partial charge in [0, 0.05) is 21.1 Å². The maximum atomic E-state index is 13.4. The average Bonchev–Trinajstić information content (AvgIpc) is 3.01. The van der Waals surface area contributed by atoms with Crippen molar-refractivity contribution in [3.63, 3.8) is 0 Å². The van der Waals surface area contributed by atoms with Gasteiger partial charge in [0.2, 0.25) is 0 Å². The molecule has 0 aliphatic rings. The Hall–Kier alpha value is -2.39. The Morgan fingerprint density at radius 3 is 2.57 bits per heavy atom. The van der Waals surface area contributed by atoms with Gasteiger partial charge in [-0.1, -0.05) is 12.1 Å². The molecule has 112 valence electrons. The van der Waals surface area contributed by atoms with E-state index in [9.17, 15) is 9.65 Å². The summed E-state index contributed by atoms with van der Waals surface area (Å²) in [7, 11) is 0. The third kappa shape index (κ3) is 3.51. The SMILES string of the molecule is N#C/C(=C/c1cccn1-c1ccc(I)cc1)c1cccc(F)c1. The van der Waals surface area contributed by atoms with Crippen molar-refractivity contribution in [1.82, 2.24) is 4.57 Å². The minimum Gasteiger partial charge on any atom is -0.317 e. The van der Waals surface area contributed by atoms with E-state index in [4.69, 9.17) is 0 Å². The standard InChI is InChI=1S/C19H12FIN2/c20-16-4-1-3-14(11-16)15(13-22)12-19-5-2-10-23(19)18-8-6-17(21)7-9-18/h1-12H/b15-12-. The van der Waals surface area contributed by atoms with Gasteiger partial charge in [-0.3, -0.25) is 0 Å². The molecule has 0 saturated heterocycles. The Morgan fingerprint density at radius 1 is 1.09 bits per heavy atom. The molecule has 4 heteroatoms. The van der Waals surface area contributed by atoms with Crippen molar-refractivity contribution in [2.75, 3.05) is 0 Å². The lowest BCUT2D eigenvalue weighted by molar-refractivity contribution is 0.627. The van der Waals surface area contributed by atoms with Crippen LogP contribution in [-0.2, 0) is 0 Å². The maximum absolute atomic E-state index is 13.4. The fourth-order valence-electron chi connectivity index (χ4n) is 2.33. The van der Waals surface area contributed by atoms with Crippen LogP contribution in [0.1, 0.15) is 11.3 Å². The maximum Gasteiger partial charge on any atom is 0.123 e. The molecule has 3 aromatic rings. The van der Waals surface area contributed by atoms with Crippen LogP contribution in [0, 0.1) is 20.7 Å². The third-order valence-electron chi connectivity index (χ3n) is 3.43. The van der Waals surface area contributed by atoms with Gasteiger partial charge in [-0.25, -0.2) is 4.39 Å². The van der Waals surface area contributed by atoms with Gasteiger partial charge in [-0.05, 0) is 82.8 Å². The molecule has 0 atom stereocenters. The van der Waals surface area contributed by atoms with Gasteiger partial charge in [-0.2, -0.15) is 5.26 Å². The second-order valence-electron chi connectivity index (χ2n) is 4.96. The summed E-state index contributed by atoms with van der Waals surface area (Å²) in [5, 5.41) is 9.42. The van der Waals surface area contributed by atoms with Gasteiger partial charge >= 0.3 is 0 Å². The van der Waals surface area contributed by atoms with Crippen molar-refractivity contribution in [2.45, 2.75) is 0 Å². The summed E-state index contributed by atoms with van der Waals surface area (Å²) in [5.74, 6) is -0.350. The second-order valence-corrected chi connectivity index (χ2v) is 6.21. The first kappa shape index (κ1) is 15.5. The molecule has 2 nitrogen and oxygen atoms in total. The van der Waals surface area contributed by atoms with E-state index >= 15 is 0 Å². The first-order valence-electron chi connectivity index (χ1n) is 6.98. The van der Waals surface area contributed by atoms with E-state index in [0.717, 1.165) is 15.0 Å². The van der Waals surface area contributed by atoms with Crippen LogP contribution in [0.5, 0.6) is 0 Å². The molecule has 0 aliphatic heterocycles. The zero-order chi connectivity index (χ0) is 16.2. The van der Waals surface area contributed by atoms with E-state index in [2.05, 4.69) is 28.7 Å². The molecular formula is C19H12FIN2. The molecule has 0 aliphatic carbocycles. The number of rotatable bonds is 3. The fourth-order valence-corrected chi connectivity index (χ4v) is 2.69. The van der Waals surface area contributed by atoms with E-state index in [-0.39, 0.29) is 5.82 Å². The highest BCUT2D eigenvalue weighted by Gasteiger charge is 2.06. The molecule has 2 aromatic carbocycles. The summed E-state index contributed by atoms with van der Waals surface area (Å²) in [6, 6.07) is 20.2. The van der Waals surface area contributed by atoms with Crippen LogP contribution in [0.25, 0.3) is 17.3 Å². The molecule has 0 fully saturated rings. The third-order valence-corrected chi connectivity index (χ3v) is 4.15. The van der Waals surface area contributed by atoms with Crippen molar-refractivity contribution in [2.24, 2.45) is 0 Å². The molecule has 0 bridgehead atoms. The lowest BCUT2D eigenvalue weighted by Gasteiger charge is -2.07.